The van der Waals surface area contributed by atoms with E-state index in [1.807, 2.05) is 32.0 Å². The molecule has 0 saturated heterocycles. The molecule has 0 heterocycles. The Hall–Kier alpha value is -2.56. The molecule has 0 aliphatic rings. The number of methoxy groups -OCH3 is 1. The minimum Gasteiger partial charge on any atom is -0.496 e. The van der Waals surface area contributed by atoms with Crippen LogP contribution in [0.3, 0.4) is 0 Å². The van der Waals surface area contributed by atoms with E-state index in [0.717, 1.165) is 22.3 Å². The van der Waals surface area contributed by atoms with E-state index < -0.39 is 17.5 Å². The number of carbonyl (C=O) groups excluding carboxylic acids is 1. The Labute approximate surface area is 154 Å². The van der Waals surface area contributed by atoms with Crippen molar-refractivity contribution >= 4 is 6.09 Å². The van der Waals surface area contributed by atoms with Gasteiger partial charge in [0.1, 0.15) is 17.2 Å². The van der Waals surface area contributed by atoms with Crippen molar-refractivity contribution in [2.75, 3.05) is 7.11 Å². The lowest BCUT2D eigenvalue weighted by Crippen LogP contribution is -2.32. The zero-order chi connectivity index (χ0) is 19.5. The molecule has 0 saturated carbocycles. The van der Waals surface area contributed by atoms with Gasteiger partial charge in [-0.3, -0.25) is 0 Å². The molecule has 2 aromatic carbocycles. The zero-order valence-electron chi connectivity index (χ0n) is 16.2. The number of benzene rings is 2. The lowest BCUT2D eigenvalue weighted by Gasteiger charge is -2.20. The van der Waals surface area contributed by atoms with Gasteiger partial charge in [-0.25, -0.2) is 9.18 Å². The van der Waals surface area contributed by atoms with E-state index >= 15 is 0 Å². The largest absolute Gasteiger partial charge is 0.496 e. The predicted molar refractivity (Wildman–Crippen MR) is 101 cm³/mol. The van der Waals surface area contributed by atoms with Crippen LogP contribution in [0.15, 0.2) is 30.3 Å². The molecule has 0 unspecified atom stereocenters. The van der Waals surface area contributed by atoms with Crippen molar-refractivity contribution in [1.82, 2.24) is 5.32 Å². The SMILES string of the molecule is COc1cc(-c2cccc(C)c2C)cc(F)c1CNC(=O)OC(C)(C)C. The van der Waals surface area contributed by atoms with Gasteiger partial charge in [0.15, 0.2) is 0 Å². The Morgan fingerprint density at radius 2 is 1.88 bits per heavy atom. The molecule has 0 spiro atoms. The van der Waals surface area contributed by atoms with Crippen LogP contribution in [0.5, 0.6) is 5.75 Å². The fourth-order valence-electron chi connectivity index (χ4n) is 2.66. The summed E-state index contributed by atoms with van der Waals surface area (Å²) in [5.41, 5.74) is 3.59. The third-order valence-corrected chi connectivity index (χ3v) is 4.10. The topological polar surface area (TPSA) is 47.6 Å². The highest BCUT2D eigenvalue weighted by atomic mass is 19.1. The summed E-state index contributed by atoms with van der Waals surface area (Å²) in [5.74, 6) is -0.0479. The maximum atomic E-state index is 14.7. The van der Waals surface area contributed by atoms with Crippen molar-refractivity contribution in [3.63, 3.8) is 0 Å². The molecule has 26 heavy (non-hydrogen) atoms. The Balaban J connectivity index is 2.30. The highest BCUT2D eigenvalue weighted by Crippen LogP contribution is 2.32. The second kappa shape index (κ2) is 7.77. The van der Waals surface area contributed by atoms with Gasteiger partial charge < -0.3 is 14.8 Å². The van der Waals surface area contributed by atoms with Crippen molar-refractivity contribution in [2.45, 2.75) is 46.8 Å². The third-order valence-electron chi connectivity index (χ3n) is 4.10. The third kappa shape index (κ3) is 4.75. The van der Waals surface area contributed by atoms with E-state index in [9.17, 15) is 9.18 Å². The predicted octanol–water partition coefficient (Wildman–Crippen LogP) is 5.14. The van der Waals surface area contributed by atoms with Crippen LogP contribution in [0, 0.1) is 19.7 Å². The van der Waals surface area contributed by atoms with E-state index in [1.54, 1.807) is 26.8 Å². The lowest BCUT2D eigenvalue weighted by atomic mass is 9.95. The Morgan fingerprint density at radius 3 is 2.50 bits per heavy atom. The van der Waals surface area contributed by atoms with Gasteiger partial charge in [0.25, 0.3) is 0 Å². The van der Waals surface area contributed by atoms with Gasteiger partial charge in [-0.2, -0.15) is 0 Å². The number of hydrogen-bond acceptors (Lipinski definition) is 3. The van der Waals surface area contributed by atoms with E-state index in [1.165, 1.54) is 13.2 Å². The molecule has 0 fully saturated rings. The molecule has 0 radical (unpaired) electrons. The van der Waals surface area contributed by atoms with Crippen LogP contribution in [0.4, 0.5) is 9.18 Å². The molecule has 0 aliphatic heterocycles. The highest BCUT2D eigenvalue weighted by molar-refractivity contribution is 5.71. The molecular formula is C21H26FNO3. The fourth-order valence-corrected chi connectivity index (χ4v) is 2.66. The summed E-state index contributed by atoms with van der Waals surface area (Å²) in [6, 6.07) is 9.17. The van der Waals surface area contributed by atoms with E-state index in [4.69, 9.17) is 9.47 Å². The Kier molecular flexibility index (Phi) is 5.90. The van der Waals surface area contributed by atoms with Crippen LogP contribution < -0.4 is 10.1 Å². The second-order valence-corrected chi connectivity index (χ2v) is 7.24. The maximum absolute atomic E-state index is 14.7. The molecule has 1 amide bonds. The van der Waals surface area contributed by atoms with Gasteiger partial charge >= 0.3 is 6.09 Å². The summed E-state index contributed by atoms with van der Waals surface area (Å²) < 4.78 is 25.3. The minimum absolute atomic E-state index is 0.0169. The van der Waals surface area contributed by atoms with Crippen LogP contribution >= 0.6 is 0 Å². The summed E-state index contributed by atoms with van der Waals surface area (Å²) >= 11 is 0. The molecule has 5 heteroatoms. The average molecular weight is 359 g/mol. The van der Waals surface area contributed by atoms with Crippen LogP contribution in [0.2, 0.25) is 0 Å². The number of nitrogens with one attached hydrogen (secondary N) is 1. The van der Waals surface area contributed by atoms with E-state index in [-0.39, 0.29) is 12.1 Å². The number of rotatable bonds is 4. The summed E-state index contributed by atoms with van der Waals surface area (Å²) in [7, 11) is 1.48. The number of alkyl carbamates (subject to hydrolysis) is 1. The molecule has 0 aromatic heterocycles. The Bertz CT molecular complexity index is 810. The van der Waals surface area contributed by atoms with E-state index in [2.05, 4.69) is 5.32 Å². The molecule has 0 aliphatic carbocycles. The summed E-state index contributed by atoms with van der Waals surface area (Å²) in [4.78, 5) is 11.8. The van der Waals surface area contributed by atoms with Gasteiger partial charge in [-0.15, -0.1) is 0 Å². The van der Waals surface area contributed by atoms with Gasteiger partial charge in [-0.05, 0) is 69.0 Å². The first-order valence-corrected chi connectivity index (χ1v) is 8.52. The van der Waals surface area contributed by atoms with Crippen molar-refractivity contribution < 1.29 is 18.7 Å². The highest BCUT2D eigenvalue weighted by Gasteiger charge is 2.18. The van der Waals surface area contributed by atoms with Crippen molar-refractivity contribution in [1.29, 1.82) is 0 Å². The first kappa shape index (κ1) is 19.8. The number of ether oxygens (including phenoxy) is 2. The maximum Gasteiger partial charge on any atom is 0.407 e. The van der Waals surface area contributed by atoms with Crippen LogP contribution in [0.25, 0.3) is 11.1 Å². The van der Waals surface area contributed by atoms with Crippen LogP contribution in [0.1, 0.15) is 37.5 Å². The van der Waals surface area contributed by atoms with Gasteiger partial charge in [0.05, 0.1) is 13.7 Å². The van der Waals surface area contributed by atoms with Crippen molar-refractivity contribution in [2.24, 2.45) is 0 Å². The zero-order valence-corrected chi connectivity index (χ0v) is 16.2. The molecule has 2 aromatic rings. The Morgan fingerprint density at radius 1 is 1.19 bits per heavy atom. The summed E-state index contributed by atoms with van der Waals surface area (Å²) in [5, 5.41) is 2.57. The number of hydrogen-bond donors (Lipinski definition) is 1. The standard InChI is InChI=1S/C21H26FNO3/c1-13-8-7-9-16(14(13)2)15-10-18(22)17(19(11-15)25-6)12-23-20(24)26-21(3,4)5/h7-11H,12H2,1-6H3,(H,23,24). The average Bonchev–Trinajstić information content (AvgIpc) is 2.54. The lowest BCUT2D eigenvalue weighted by molar-refractivity contribution is 0.0523. The molecule has 4 nitrogen and oxygen atoms in total. The first-order valence-electron chi connectivity index (χ1n) is 8.52. The number of aryl methyl sites for hydroxylation is 1. The molecule has 140 valence electrons. The fraction of sp³-hybridized carbons (Fsp3) is 0.381. The first-order chi connectivity index (χ1) is 12.1. The molecule has 0 atom stereocenters. The number of carbonyl (C=O) groups is 1. The smallest absolute Gasteiger partial charge is 0.407 e. The molecule has 0 bridgehead atoms. The van der Waals surface area contributed by atoms with Crippen molar-refractivity contribution in [3.05, 3.63) is 52.8 Å². The summed E-state index contributed by atoms with van der Waals surface area (Å²) in [6.07, 6.45) is -0.599. The van der Waals surface area contributed by atoms with Gasteiger partial charge in [0, 0.05) is 5.56 Å². The minimum atomic E-state index is -0.612. The summed E-state index contributed by atoms with van der Waals surface area (Å²) in [6.45, 7) is 9.32. The molecule has 1 N–H and O–H groups in total. The number of amides is 1. The van der Waals surface area contributed by atoms with Crippen molar-refractivity contribution in [3.8, 4) is 16.9 Å². The van der Waals surface area contributed by atoms with Crippen LogP contribution in [-0.2, 0) is 11.3 Å². The second-order valence-electron chi connectivity index (χ2n) is 7.24. The van der Waals surface area contributed by atoms with Crippen LogP contribution in [-0.4, -0.2) is 18.8 Å². The van der Waals surface area contributed by atoms with E-state index in [0.29, 0.717) is 5.75 Å². The normalized spacial score (nSPS) is 11.2. The molecular weight excluding hydrogens is 333 g/mol. The van der Waals surface area contributed by atoms with Gasteiger partial charge in [0.2, 0.25) is 0 Å². The quantitative estimate of drug-likeness (QED) is 0.822. The monoisotopic (exact) mass is 359 g/mol. The molecule has 2 rings (SSSR count). The van der Waals surface area contributed by atoms with Gasteiger partial charge in [-0.1, -0.05) is 18.2 Å². The number of halogens is 1.